The minimum absolute atomic E-state index is 0.559. The summed E-state index contributed by atoms with van der Waals surface area (Å²) in [4.78, 5) is 0. The van der Waals surface area contributed by atoms with Crippen LogP contribution in [0.4, 0.5) is 0 Å². The molecule has 1 saturated heterocycles. The van der Waals surface area contributed by atoms with Crippen molar-refractivity contribution in [1.82, 2.24) is 0 Å². The molecule has 1 nitrogen and oxygen atoms in total. The molecule has 0 radical (unpaired) electrons. The predicted molar refractivity (Wildman–Crippen MR) is 66.2 cm³/mol. The van der Waals surface area contributed by atoms with E-state index in [1.165, 1.54) is 64.2 Å². The van der Waals surface area contributed by atoms with Crippen LogP contribution in [0.3, 0.4) is 0 Å². The second-order valence-corrected chi connectivity index (χ2v) is 4.92. The number of ether oxygens (including phenoxy) is 1. The van der Waals surface area contributed by atoms with Gasteiger partial charge in [-0.25, -0.2) is 0 Å². The largest absolute Gasteiger partial charge is 0.375 e. The average Bonchev–Trinajstić information content (AvgIpc) is 2.49. The molecule has 1 rings (SSSR count). The van der Waals surface area contributed by atoms with Crippen LogP contribution in [0.25, 0.3) is 0 Å². The smallest absolute Gasteiger partial charge is 0.0578 e. The molecule has 1 aliphatic heterocycles. The van der Waals surface area contributed by atoms with Crippen molar-refractivity contribution in [3.8, 4) is 0 Å². The van der Waals surface area contributed by atoms with Crippen molar-refractivity contribution in [2.45, 2.75) is 90.3 Å². The van der Waals surface area contributed by atoms with Crippen molar-refractivity contribution in [2.24, 2.45) is 0 Å². The lowest BCUT2D eigenvalue weighted by atomic mass is 10.0. The van der Waals surface area contributed by atoms with Crippen molar-refractivity contribution in [3.63, 3.8) is 0 Å². The van der Waals surface area contributed by atoms with E-state index in [9.17, 15) is 0 Å². The Bertz CT molecular complexity index is 144. The van der Waals surface area contributed by atoms with Gasteiger partial charge in [0.2, 0.25) is 0 Å². The molecule has 1 fully saturated rings. The molecule has 0 aromatic carbocycles. The highest BCUT2D eigenvalue weighted by Gasteiger charge is 2.18. The highest BCUT2D eigenvalue weighted by Crippen LogP contribution is 2.23. The SMILES string of the molecule is CCCCCC[C@H]1CCCC[C@@H](CC)O1. The Balaban J connectivity index is 2.15. The van der Waals surface area contributed by atoms with Gasteiger partial charge in [-0.3, -0.25) is 0 Å². The average molecular weight is 212 g/mol. The van der Waals surface area contributed by atoms with Gasteiger partial charge in [0.05, 0.1) is 12.2 Å². The molecule has 0 aromatic heterocycles. The van der Waals surface area contributed by atoms with E-state index in [0.717, 1.165) is 0 Å². The quantitative estimate of drug-likeness (QED) is 0.580. The molecule has 0 bridgehead atoms. The first-order valence-corrected chi connectivity index (χ1v) is 7.02. The fourth-order valence-corrected chi connectivity index (χ4v) is 2.46. The molecular formula is C14H28O. The third-order valence-corrected chi connectivity index (χ3v) is 3.52. The van der Waals surface area contributed by atoms with E-state index in [-0.39, 0.29) is 0 Å². The fourth-order valence-electron chi connectivity index (χ4n) is 2.46. The summed E-state index contributed by atoms with van der Waals surface area (Å²) in [5.74, 6) is 0. The van der Waals surface area contributed by atoms with Gasteiger partial charge < -0.3 is 4.74 Å². The molecule has 1 heteroatoms. The molecule has 0 N–H and O–H groups in total. The van der Waals surface area contributed by atoms with E-state index in [4.69, 9.17) is 4.74 Å². The van der Waals surface area contributed by atoms with E-state index in [2.05, 4.69) is 13.8 Å². The molecule has 90 valence electrons. The highest BCUT2D eigenvalue weighted by molar-refractivity contribution is 4.68. The van der Waals surface area contributed by atoms with Gasteiger partial charge in [-0.1, -0.05) is 52.4 Å². The van der Waals surface area contributed by atoms with Gasteiger partial charge in [0.1, 0.15) is 0 Å². The topological polar surface area (TPSA) is 9.23 Å². The van der Waals surface area contributed by atoms with Gasteiger partial charge in [0, 0.05) is 0 Å². The zero-order valence-corrected chi connectivity index (χ0v) is 10.6. The molecular weight excluding hydrogens is 184 g/mol. The van der Waals surface area contributed by atoms with Gasteiger partial charge in [-0.05, 0) is 25.7 Å². The maximum absolute atomic E-state index is 6.14. The highest BCUT2D eigenvalue weighted by atomic mass is 16.5. The number of hydrogen-bond donors (Lipinski definition) is 0. The Kier molecular flexibility index (Phi) is 7.08. The Morgan fingerprint density at radius 1 is 0.933 bits per heavy atom. The Hall–Kier alpha value is -0.0400. The van der Waals surface area contributed by atoms with Crippen LogP contribution in [0.5, 0.6) is 0 Å². The lowest BCUT2D eigenvalue weighted by molar-refractivity contribution is -0.0148. The van der Waals surface area contributed by atoms with E-state index in [1.807, 2.05) is 0 Å². The zero-order chi connectivity index (χ0) is 10.9. The monoisotopic (exact) mass is 212 g/mol. The molecule has 1 aliphatic rings. The Morgan fingerprint density at radius 2 is 1.67 bits per heavy atom. The summed E-state index contributed by atoms with van der Waals surface area (Å²) in [6.07, 6.45) is 14.5. The van der Waals surface area contributed by atoms with Crippen LogP contribution in [0.1, 0.15) is 78.1 Å². The van der Waals surface area contributed by atoms with Crippen molar-refractivity contribution < 1.29 is 4.74 Å². The van der Waals surface area contributed by atoms with Crippen molar-refractivity contribution in [1.29, 1.82) is 0 Å². The molecule has 1 heterocycles. The molecule has 0 unspecified atom stereocenters. The van der Waals surface area contributed by atoms with Crippen LogP contribution in [-0.4, -0.2) is 12.2 Å². The minimum atomic E-state index is 0.559. The predicted octanol–water partition coefficient (Wildman–Crippen LogP) is 4.69. The lowest BCUT2D eigenvalue weighted by Crippen LogP contribution is -2.19. The summed E-state index contributed by atoms with van der Waals surface area (Å²) in [6, 6.07) is 0. The van der Waals surface area contributed by atoms with Crippen LogP contribution in [-0.2, 0) is 4.74 Å². The molecule has 0 amide bonds. The first kappa shape index (κ1) is 13.0. The number of rotatable bonds is 6. The van der Waals surface area contributed by atoms with Crippen molar-refractivity contribution >= 4 is 0 Å². The summed E-state index contributed by atoms with van der Waals surface area (Å²) >= 11 is 0. The number of hydrogen-bond acceptors (Lipinski definition) is 1. The van der Waals surface area contributed by atoms with E-state index < -0.39 is 0 Å². The van der Waals surface area contributed by atoms with E-state index in [0.29, 0.717) is 12.2 Å². The maximum atomic E-state index is 6.14. The lowest BCUT2D eigenvalue weighted by Gasteiger charge is -2.20. The van der Waals surface area contributed by atoms with Gasteiger partial charge in [0.15, 0.2) is 0 Å². The Morgan fingerprint density at radius 3 is 2.33 bits per heavy atom. The molecule has 0 saturated carbocycles. The standard InChI is InChI=1S/C14H28O/c1-3-5-6-7-11-14-12-9-8-10-13(4-2)15-14/h13-14H,3-12H2,1-2H3/t13-,14+/m1/s1. The summed E-state index contributed by atoms with van der Waals surface area (Å²) in [5, 5.41) is 0. The van der Waals surface area contributed by atoms with Crippen LogP contribution >= 0.6 is 0 Å². The van der Waals surface area contributed by atoms with Crippen LogP contribution in [0, 0.1) is 0 Å². The molecule has 2 atom stereocenters. The second kappa shape index (κ2) is 8.15. The fraction of sp³-hybridized carbons (Fsp3) is 1.00. The number of unbranched alkanes of at least 4 members (excludes halogenated alkanes) is 3. The molecule has 0 aromatic rings. The van der Waals surface area contributed by atoms with Crippen molar-refractivity contribution in [3.05, 3.63) is 0 Å². The van der Waals surface area contributed by atoms with Crippen LogP contribution < -0.4 is 0 Å². The van der Waals surface area contributed by atoms with E-state index in [1.54, 1.807) is 0 Å². The maximum Gasteiger partial charge on any atom is 0.0578 e. The summed E-state index contributed by atoms with van der Waals surface area (Å²) < 4.78 is 6.14. The third kappa shape index (κ3) is 5.55. The first-order valence-electron chi connectivity index (χ1n) is 7.02. The van der Waals surface area contributed by atoms with Crippen LogP contribution in [0.2, 0.25) is 0 Å². The summed E-state index contributed by atoms with van der Waals surface area (Å²) in [7, 11) is 0. The van der Waals surface area contributed by atoms with Gasteiger partial charge in [-0.15, -0.1) is 0 Å². The molecule has 0 spiro atoms. The zero-order valence-electron chi connectivity index (χ0n) is 10.6. The second-order valence-electron chi connectivity index (χ2n) is 4.92. The molecule has 15 heavy (non-hydrogen) atoms. The van der Waals surface area contributed by atoms with Crippen molar-refractivity contribution in [2.75, 3.05) is 0 Å². The summed E-state index contributed by atoms with van der Waals surface area (Å²) in [6.45, 7) is 4.53. The molecule has 0 aliphatic carbocycles. The van der Waals surface area contributed by atoms with Gasteiger partial charge >= 0.3 is 0 Å². The van der Waals surface area contributed by atoms with Gasteiger partial charge in [-0.2, -0.15) is 0 Å². The minimum Gasteiger partial charge on any atom is -0.375 e. The normalized spacial score (nSPS) is 27.6. The van der Waals surface area contributed by atoms with E-state index >= 15 is 0 Å². The first-order chi connectivity index (χ1) is 7.36. The Labute approximate surface area is 95.6 Å². The van der Waals surface area contributed by atoms with Gasteiger partial charge in [0.25, 0.3) is 0 Å². The van der Waals surface area contributed by atoms with Crippen LogP contribution in [0.15, 0.2) is 0 Å². The summed E-state index contributed by atoms with van der Waals surface area (Å²) in [5.41, 5.74) is 0. The third-order valence-electron chi connectivity index (χ3n) is 3.52.